The van der Waals surface area contributed by atoms with Crippen molar-refractivity contribution in [1.82, 2.24) is 9.38 Å². The number of fused-ring (bicyclic) bond motifs is 1. The Hall–Kier alpha value is -2.53. The lowest BCUT2D eigenvalue weighted by Crippen LogP contribution is -2.19. The van der Waals surface area contributed by atoms with Crippen molar-refractivity contribution in [2.45, 2.75) is 25.9 Å². The summed E-state index contributed by atoms with van der Waals surface area (Å²) in [5.41, 5.74) is 3.95. The predicted molar refractivity (Wildman–Crippen MR) is 94.5 cm³/mol. The van der Waals surface area contributed by atoms with Gasteiger partial charge in [-0.2, -0.15) is 0 Å². The van der Waals surface area contributed by atoms with E-state index in [0.717, 1.165) is 48.7 Å². The number of hydrogen-bond acceptors (Lipinski definition) is 4. The van der Waals surface area contributed by atoms with E-state index in [4.69, 9.17) is 9.72 Å². The van der Waals surface area contributed by atoms with Crippen LogP contribution >= 0.6 is 0 Å². The first-order valence-electron chi connectivity index (χ1n) is 8.34. The first kappa shape index (κ1) is 15.0. The lowest BCUT2D eigenvalue weighted by Gasteiger charge is -2.13. The summed E-state index contributed by atoms with van der Waals surface area (Å²) in [6.45, 7) is 3.69. The van der Waals surface area contributed by atoms with E-state index >= 15 is 0 Å². The number of rotatable bonds is 4. The van der Waals surface area contributed by atoms with Gasteiger partial charge in [0, 0.05) is 24.9 Å². The Labute approximate surface area is 140 Å². The number of aryl methyl sites for hydroxylation is 1. The third-order valence-electron chi connectivity index (χ3n) is 4.44. The number of anilines is 1. The van der Waals surface area contributed by atoms with Crippen molar-refractivity contribution in [1.29, 1.82) is 0 Å². The van der Waals surface area contributed by atoms with Crippen LogP contribution < -0.4 is 5.32 Å². The number of pyridine rings is 1. The van der Waals surface area contributed by atoms with Gasteiger partial charge in [0.05, 0.1) is 6.10 Å². The molecule has 0 bridgehead atoms. The fourth-order valence-electron chi connectivity index (χ4n) is 3.15. The normalized spacial score (nSPS) is 17.5. The molecule has 4 rings (SSSR count). The molecule has 1 aliphatic rings. The van der Waals surface area contributed by atoms with E-state index in [1.807, 2.05) is 18.3 Å². The number of phenols is 1. The molecule has 0 saturated carbocycles. The fourth-order valence-corrected chi connectivity index (χ4v) is 3.15. The highest BCUT2D eigenvalue weighted by Crippen LogP contribution is 2.30. The molecule has 2 aromatic heterocycles. The van der Waals surface area contributed by atoms with E-state index in [9.17, 15) is 5.11 Å². The number of nitrogens with one attached hydrogen (secondary N) is 1. The van der Waals surface area contributed by atoms with Crippen LogP contribution in [-0.4, -0.2) is 33.7 Å². The number of imidazole rings is 1. The summed E-state index contributed by atoms with van der Waals surface area (Å²) in [7, 11) is 0. The van der Waals surface area contributed by atoms with Crippen LogP contribution in [0.4, 0.5) is 5.82 Å². The van der Waals surface area contributed by atoms with Crippen LogP contribution in [0.15, 0.2) is 42.6 Å². The van der Waals surface area contributed by atoms with Gasteiger partial charge in [-0.1, -0.05) is 0 Å². The van der Waals surface area contributed by atoms with Gasteiger partial charge in [0.2, 0.25) is 0 Å². The van der Waals surface area contributed by atoms with Crippen molar-refractivity contribution < 1.29 is 9.84 Å². The molecule has 3 heterocycles. The molecule has 1 saturated heterocycles. The maximum absolute atomic E-state index is 9.54. The van der Waals surface area contributed by atoms with Gasteiger partial charge < -0.3 is 15.2 Å². The molecule has 1 atom stereocenters. The highest BCUT2D eigenvalue weighted by Gasteiger charge is 2.19. The Morgan fingerprint density at radius 3 is 2.88 bits per heavy atom. The molecular weight excluding hydrogens is 302 g/mol. The van der Waals surface area contributed by atoms with Gasteiger partial charge in [0.15, 0.2) is 0 Å². The highest BCUT2D eigenvalue weighted by atomic mass is 16.5. The Kier molecular flexibility index (Phi) is 3.86. The second-order valence-electron chi connectivity index (χ2n) is 6.30. The number of benzene rings is 1. The summed E-state index contributed by atoms with van der Waals surface area (Å²) < 4.78 is 7.79. The van der Waals surface area contributed by atoms with E-state index in [1.54, 1.807) is 12.1 Å². The van der Waals surface area contributed by atoms with Crippen molar-refractivity contribution >= 4 is 11.5 Å². The van der Waals surface area contributed by atoms with Gasteiger partial charge in [0.1, 0.15) is 22.9 Å². The summed E-state index contributed by atoms with van der Waals surface area (Å²) in [6.07, 6.45) is 4.52. The van der Waals surface area contributed by atoms with Crippen LogP contribution in [0.2, 0.25) is 0 Å². The first-order valence-corrected chi connectivity index (χ1v) is 8.34. The van der Waals surface area contributed by atoms with Gasteiger partial charge in [-0.25, -0.2) is 4.98 Å². The Bertz CT molecular complexity index is 849. The SMILES string of the molecule is Cc1ccn2c(NCC3CCCO3)c(-c3ccc(O)cc3)nc2c1. The zero-order valence-electron chi connectivity index (χ0n) is 13.7. The minimum absolute atomic E-state index is 0.257. The van der Waals surface area contributed by atoms with Gasteiger partial charge >= 0.3 is 0 Å². The standard InChI is InChI=1S/C19H21N3O2/c1-13-8-9-22-17(11-13)21-18(14-4-6-15(23)7-5-14)19(22)20-12-16-3-2-10-24-16/h4-9,11,16,20,23H,2-3,10,12H2,1H3. The van der Waals surface area contributed by atoms with Crippen LogP contribution in [0, 0.1) is 6.92 Å². The van der Waals surface area contributed by atoms with Crippen LogP contribution in [-0.2, 0) is 4.74 Å². The molecule has 1 aromatic carbocycles. The third kappa shape index (κ3) is 2.83. The average Bonchev–Trinajstić information content (AvgIpc) is 3.20. The predicted octanol–water partition coefficient (Wildman–Crippen LogP) is 3.61. The molecule has 0 spiro atoms. The van der Waals surface area contributed by atoms with Crippen LogP contribution in [0.5, 0.6) is 5.75 Å². The lowest BCUT2D eigenvalue weighted by atomic mass is 10.1. The highest BCUT2D eigenvalue weighted by molar-refractivity contribution is 5.77. The average molecular weight is 323 g/mol. The van der Waals surface area contributed by atoms with Crippen molar-refractivity contribution in [3.63, 3.8) is 0 Å². The smallest absolute Gasteiger partial charge is 0.139 e. The van der Waals surface area contributed by atoms with Gasteiger partial charge in [0.25, 0.3) is 0 Å². The maximum Gasteiger partial charge on any atom is 0.139 e. The Morgan fingerprint density at radius 1 is 1.29 bits per heavy atom. The number of phenolic OH excluding ortho intramolecular Hbond substituents is 1. The molecule has 5 nitrogen and oxygen atoms in total. The topological polar surface area (TPSA) is 58.8 Å². The Balaban J connectivity index is 1.75. The summed E-state index contributed by atoms with van der Waals surface area (Å²) in [5, 5.41) is 13.1. The molecule has 0 aliphatic carbocycles. The van der Waals surface area contributed by atoms with Crippen molar-refractivity contribution in [3.8, 4) is 17.0 Å². The van der Waals surface area contributed by atoms with Crippen LogP contribution in [0.25, 0.3) is 16.9 Å². The molecule has 0 amide bonds. The molecule has 5 heteroatoms. The molecule has 1 unspecified atom stereocenters. The lowest BCUT2D eigenvalue weighted by molar-refractivity contribution is 0.120. The molecule has 1 fully saturated rings. The molecule has 24 heavy (non-hydrogen) atoms. The largest absolute Gasteiger partial charge is 0.508 e. The van der Waals surface area contributed by atoms with E-state index in [-0.39, 0.29) is 11.9 Å². The Morgan fingerprint density at radius 2 is 2.12 bits per heavy atom. The summed E-state index contributed by atoms with van der Waals surface area (Å²) in [6, 6.07) is 11.3. The van der Waals surface area contributed by atoms with E-state index in [1.165, 1.54) is 5.56 Å². The second-order valence-corrected chi connectivity index (χ2v) is 6.30. The van der Waals surface area contributed by atoms with Crippen molar-refractivity contribution in [3.05, 3.63) is 48.2 Å². The number of aromatic nitrogens is 2. The quantitative estimate of drug-likeness (QED) is 0.770. The molecule has 2 N–H and O–H groups in total. The van der Waals surface area contributed by atoms with E-state index < -0.39 is 0 Å². The van der Waals surface area contributed by atoms with Crippen LogP contribution in [0.3, 0.4) is 0 Å². The minimum Gasteiger partial charge on any atom is -0.508 e. The first-order chi connectivity index (χ1) is 11.7. The van der Waals surface area contributed by atoms with Crippen LogP contribution in [0.1, 0.15) is 18.4 Å². The summed E-state index contributed by atoms with van der Waals surface area (Å²) in [5.74, 6) is 1.22. The fraction of sp³-hybridized carbons (Fsp3) is 0.316. The number of nitrogens with zero attached hydrogens (tertiary/aromatic N) is 2. The summed E-state index contributed by atoms with van der Waals surface area (Å²) in [4.78, 5) is 4.80. The van der Waals surface area contributed by atoms with Crippen molar-refractivity contribution in [2.24, 2.45) is 0 Å². The van der Waals surface area contributed by atoms with Crippen molar-refractivity contribution in [2.75, 3.05) is 18.5 Å². The summed E-state index contributed by atoms with van der Waals surface area (Å²) >= 11 is 0. The monoisotopic (exact) mass is 323 g/mol. The van der Waals surface area contributed by atoms with Gasteiger partial charge in [-0.05, 0) is 61.7 Å². The zero-order valence-corrected chi connectivity index (χ0v) is 13.7. The number of ether oxygens (including phenoxy) is 1. The second kappa shape index (κ2) is 6.17. The zero-order chi connectivity index (χ0) is 16.5. The molecule has 124 valence electrons. The molecule has 1 aliphatic heterocycles. The van der Waals surface area contributed by atoms with E-state index in [0.29, 0.717) is 0 Å². The maximum atomic E-state index is 9.54. The minimum atomic E-state index is 0.257. The molecule has 0 radical (unpaired) electrons. The van der Waals surface area contributed by atoms with Gasteiger partial charge in [-0.15, -0.1) is 0 Å². The number of hydrogen-bond donors (Lipinski definition) is 2. The molecular formula is C19H21N3O2. The number of aromatic hydroxyl groups is 1. The van der Waals surface area contributed by atoms with E-state index in [2.05, 4.69) is 28.8 Å². The van der Waals surface area contributed by atoms with Gasteiger partial charge in [-0.3, -0.25) is 4.40 Å². The molecule has 3 aromatic rings. The third-order valence-corrected chi connectivity index (χ3v) is 4.44.